The Morgan fingerprint density at radius 1 is 0.528 bits per heavy atom. The Kier molecular flexibility index (Phi) is 11.1. The topological polar surface area (TPSA) is 0 Å². The molecule has 0 nitrogen and oxygen atoms in total. The smallest absolute Gasteiger partial charge is 1.00 e. The molecule has 0 N–H and O–H groups in total. The van der Waals surface area contributed by atoms with Gasteiger partial charge in [-0.1, -0.05) is 0 Å². The second-order valence-electron chi connectivity index (χ2n) is 14.9. The van der Waals surface area contributed by atoms with Gasteiger partial charge in [-0.15, -0.1) is 0 Å². The molecule has 53 heavy (non-hydrogen) atoms. The SMILES string of the molecule is Cc1ccc(C2=Cc3c(cc(C)c(C)c3-c3ccccc3)[CH]2[Zr+2](=[C]2CCC2)[CH]2C(c3ccc(C)s3)=Cc3c2cc(C)c(C)c3-c2ccccc2)s1.[Cl-].[Cl-]. The molecule has 0 saturated heterocycles. The molecule has 3 aliphatic carbocycles. The van der Waals surface area contributed by atoms with Crippen molar-refractivity contribution in [2.75, 3.05) is 0 Å². The molecule has 2 atom stereocenters. The molecule has 2 aromatic heterocycles. The minimum absolute atomic E-state index is 0. The molecule has 2 heterocycles. The largest absolute Gasteiger partial charge is 1.00 e. The molecule has 3 aliphatic rings. The number of fused-ring (bicyclic) bond motifs is 2. The van der Waals surface area contributed by atoms with Crippen molar-refractivity contribution in [3.8, 4) is 22.3 Å². The summed E-state index contributed by atoms with van der Waals surface area (Å²) in [5.41, 5.74) is 20.6. The zero-order valence-corrected chi connectivity index (χ0v) is 36.8. The van der Waals surface area contributed by atoms with Crippen molar-refractivity contribution in [2.24, 2.45) is 0 Å². The Morgan fingerprint density at radius 2 is 0.943 bits per heavy atom. The van der Waals surface area contributed by atoms with E-state index in [2.05, 4.69) is 151 Å². The van der Waals surface area contributed by atoms with E-state index in [1.165, 1.54) is 94.4 Å². The minimum atomic E-state index is -2.65. The molecule has 0 radical (unpaired) electrons. The maximum atomic E-state index is 2.66. The summed E-state index contributed by atoms with van der Waals surface area (Å²) in [6.07, 6.45) is 9.28. The first-order valence-corrected chi connectivity index (χ1v) is 24.2. The van der Waals surface area contributed by atoms with E-state index in [-0.39, 0.29) is 24.8 Å². The Hall–Kier alpha value is -2.91. The van der Waals surface area contributed by atoms with Gasteiger partial charge >= 0.3 is 322 Å². The van der Waals surface area contributed by atoms with E-state index in [0.29, 0.717) is 7.25 Å². The van der Waals surface area contributed by atoms with Gasteiger partial charge in [-0.25, -0.2) is 0 Å². The van der Waals surface area contributed by atoms with Crippen LogP contribution in [0.1, 0.15) is 90.5 Å². The van der Waals surface area contributed by atoms with E-state index in [9.17, 15) is 0 Å². The second kappa shape index (κ2) is 15.3. The average Bonchev–Trinajstić information content (AvgIpc) is 3.90. The summed E-state index contributed by atoms with van der Waals surface area (Å²) in [5, 5.41) is 0. The van der Waals surface area contributed by atoms with Crippen LogP contribution in [0.5, 0.6) is 0 Å². The fourth-order valence-electron chi connectivity index (χ4n) is 8.97. The molecular formula is C48H44Cl2S2Zr. The first kappa shape index (κ1) is 38.4. The molecule has 0 amide bonds. The molecule has 0 bridgehead atoms. The van der Waals surface area contributed by atoms with Crippen LogP contribution in [0.15, 0.2) is 97.1 Å². The van der Waals surface area contributed by atoms with Crippen LogP contribution in [-0.2, 0) is 21.3 Å². The number of hydrogen-bond acceptors (Lipinski definition) is 2. The van der Waals surface area contributed by atoms with Gasteiger partial charge in [0.05, 0.1) is 0 Å². The molecule has 9 rings (SSSR count). The van der Waals surface area contributed by atoms with Gasteiger partial charge in [0.25, 0.3) is 0 Å². The summed E-state index contributed by atoms with van der Waals surface area (Å²) in [6.45, 7) is 14.0. The molecule has 4 aromatic carbocycles. The van der Waals surface area contributed by atoms with E-state index in [1.54, 1.807) is 22.3 Å². The Labute approximate surface area is 343 Å². The maximum absolute atomic E-state index is 2.66. The number of thiophene rings is 2. The third-order valence-electron chi connectivity index (χ3n) is 11.8. The van der Waals surface area contributed by atoms with Gasteiger partial charge in [0.15, 0.2) is 0 Å². The standard InChI is InChI=1S/2C22H19S.C4H6.2ClH.Zr/c2*1-14-11-18-12-19(21-10-9-15(2)23-21)13-20(18)22(16(14)3)17-7-5-4-6-8-17;1-2-4-3-1;;;/h2*4-13H,1-3H3;1-3H2;2*1H;/q;;;;;+2/p-2. The molecule has 2 unspecified atom stereocenters. The normalized spacial score (nSPS) is 16.7. The van der Waals surface area contributed by atoms with Crippen LogP contribution in [0.2, 0.25) is 0 Å². The summed E-state index contributed by atoms with van der Waals surface area (Å²) in [7, 11) is 0. The summed E-state index contributed by atoms with van der Waals surface area (Å²) < 4.78 is 2.89. The monoisotopic (exact) mass is 844 g/mol. The molecule has 0 aliphatic heterocycles. The fourth-order valence-corrected chi connectivity index (χ4v) is 22.1. The Bertz CT molecular complexity index is 2290. The van der Waals surface area contributed by atoms with Crippen LogP contribution in [0, 0.1) is 41.5 Å². The van der Waals surface area contributed by atoms with Crippen LogP contribution >= 0.6 is 22.7 Å². The van der Waals surface area contributed by atoms with Gasteiger partial charge in [0, 0.05) is 0 Å². The molecule has 5 heteroatoms. The maximum Gasteiger partial charge on any atom is -1.00 e. The average molecular weight is 847 g/mol. The van der Waals surface area contributed by atoms with Crippen LogP contribution < -0.4 is 24.8 Å². The van der Waals surface area contributed by atoms with Crippen molar-refractivity contribution in [3.63, 3.8) is 0 Å². The number of aryl methyl sites for hydroxylation is 4. The summed E-state index contributed by atoms with van der Waals surface area (Å²) in [5.74, 6) is 0. The van der Waals surface area contributed by atoms with Crippen LogP contribution in [0.4, 0.5) is 0 Å². The Balaban J connectivity index is 0.00000218. The zero-order chi connectivity index (χ0) is 35.0. The van der Waals surface area contributed by atoms with Crippen LogP contribution in [-0.4, -0.2) is 3.21 Å². The quantitative estimate of drug-likeness (QED) is 0.160. The first-order chi connectivity index (χ1) is 24.8. The Morgan fingerprint density at radius 3 is 1.28 bits per heavy atom. The van der Waals surface area contributed by atoms with Gasteiger partial charge in [-0.2, -0.15) is 0 Å². The minimum Gasteiger partial charge on any atom is -1.00 e. The number of allylic oxidation sites excluding steroid dienone is 2. The fraction of sp³-hybridized carbons (Fsp3) is 0.229. The van der Waals surface area contributed by atoms with E-state index < -0.39 is 21.3 Å². The zero-order valence-electron chi connectivity index (χ0n) is 31.2. The van der Waals surface area contributed by atoms with E-state index in [4.69, 9.17) is 0 Å². The van der Waals surface area contributed by atoms with Crippen molar-refractivity contribution >= 4 is 49.2 Å². The predicted octanol–water partition coefficient (Wildman–Crippen LogP) is 7.87. The summed E-state index contributed by atoms with van der Waals surface area (Å²) in [6, 6.07) is 37.2. The van der Waals surface area contributed by atoms with Crippen LogP contribution in [0.3, 0.4) is 0 Å². The second-order valence-corrected chi connectivity index (χ2v) is 24.3. The third-order valence-corrected chi connectivity index (χ3v) is 23.3. The number of rotatable bonds is 6. The summed E-state index contributed by atoms with van der Waals surface area (Å²) in [4.78, 5) is 5.75. The van der Waals surface area contributed by atoms with Gasteiger partial charge in [-0.05, 0) is 0 Å². The van der Waals surface area contributed by atoms with Gasteiger partial charge in [-0.3, -0.25) is 0 Å². The van der Waals surface area contributed by atoms with Gasteiger partial charge < -0.3 is 24.8 Å². The van der Waals surface area contributed by atoms with E-state index in [0.717, 1.165) is 0 Å². The summed E-state index contributed by atoms with van der Waals surface area (Å²) >= 11 is 1.35. The van der Waals surface area contributed by atoms with Crippen molar-refractivity contribution in [1.29, 1.82) is 0 Å². The van der Waals surface area contributed by atoms with Crippen molar-refractivity contribution in [3.05, 3.63) is 161 Å². The van der Waals surface area contributed by atoms with Crippen molar-refractivity contribution in [1.82, 2.24) is 0 Å². The molecule has 6 aromatic rings. The van der Waals surface area contributed by atoms with Crippen molar-refractivity contribution in [2.45, 2.75) is 68.1 Å². The van der Waals surface area contributed by atoms with Crippen LogP contribution in [0.25, 0.3) is 45.6 Å². The molecule has 0 spiro atoms. The van der Waals surface area contributed by atoms with E-state index >= 15 is 0 Å². The first-order valence-electron chi connectivity index (χ1n) is 18.5. The van der Waals surface area contributed by atoms with Crippen molar-refractivity contribution < 1.29 is 46.1 Å². The van der Waals surface area contributed by atoms with Gasteiger partial charge in [0.2, 0.25) is 0 Å². The molecule has 1 saturated carbocycles. The molecular weight excluding hydrogens is 803 g/mol. The number of halogens is 2. The molecule has 266 valence electrons. The predicted molar refractivity (Wildman–Crippen MR) is 221 cm³/mol. The van der Waals surface area contributed by atoms with E-state index in [1.807, 2.05) is 25.9 Å². The van der Waals surface area contributed by atoms with Gasteiger partial charge in [0.1, 0.15) is 0 Å². The third kappa shape index (κ3) is 6.53. The number of hydrogen-bond donors (Lipinski definition) is 0. The molecule has 1 fully saturated rings. The number of benzene rings is 4.